The molecule has 1 aromatic heterocycles. The maximum Gasteiger partial charge on any atom is 0.164 e. The average molecular weight is 618 g/mol. The van der Waals surface area contributed by atoms with Gasteiger partial charge in [0, 0.05) is 22.1 Å². The van der Waals surface area contributed by atoms with Crippen molar-refractivity contribution >= 4 is 0 Å². The summed E-state index contributed by atoms with van der Waals surface area (Å²) in [6.45, 7) is 0. The molecule has 0 amide bonds. The molecule has 48 heavy (non-hydrogen) atoms. The van der Waals surface area contributed by atoms with Crippen LogP contribution in [-0.4, -0.2) is 15.0 Å². The zero-order chi connectivity index (χ0) is 31.9. The Balaban J connectivity index is 1.19. The molecular weight excluding hydrogens is 583 g/mol. The normalized spacial score (nSPS) is 14.4. The lowest BCUT2D eigenvalue weighted by Crippen LogP contribution is -2.28. The van der Waals surface area contributed by atoms with Crippen molar-refractivity contribution in [3.8, 4) is 67.5 Å². The molecule has 2 aliphatic rings. The number of benzene rings is 6. The Bertz CT molecular complexity index is 2270. The molecule has 1 heterocycles. The van der Waals surface area contributed by atoms with Crippen LogP contribution in [0, 0.1) is 0 Å². The largest absolute Gasteiger partial charge is 0.208 e. The average Bonchev–Trinajstić information content (AvgIpc) is 3.44. The van der Waals surface area contributed by atoms with Gasteiger partial charge in [0.05, 0.1) is 0 Å². The van der Waals surface area contributed by atoms with E-state index in [1.807, 2.05) is 24.3 Å². The maximum absolute atomic E-state index is 5.13. The zero-order valence-electron chi connectivity index (χ0n) is 26.8. The molecule has 3 nitrogen and oxygen atoms in total. The first kappa shape index (κ1) is 28.5. The van der Waals surface area contributed by atoms with Gasteiger partial charge in [0.25, 0.3) is 0 Å². The van der Waals surface area contributed by atoms with Crippen LogP contribution < -0.4 is 0 Å². The van der Waals surface area contributed by atoms with E-state index in [9.17, 15) is 0 Å². The summed E-state index contributed by atoms with van der Waals surface area (Å²) in [7, 11) is 0. The van der Waals surface area contributed by atoms with Crippen LogP contribution in [0.2, 0.25) is 0 Å². The van der Waals surface area contributed by atoms with Crippen molar-refractivity contribution in [1.82, 2.24) is 15.0 Å². The van der Waals surface area contributed by atoms with Crippen LogP contribution >= 0.6 is 0 Å². The molecule has 0 unspecified atom stereocenters. The number of fused-ring (bicyclic) bond motifs is 5. The molecule has 1 saturated carbocycles. The predicted molar refractivity (Wildman–Crippen MR) is 196 cm³/mol. The Labute approximate surface area is 282 Å². The minimum absolute atomic E-state index is 0.0708. The molecule has 7 aromatic rings. The lowest BCUT2D eigenvalue weighted by atomic mass is 9.66. The van der Waals surface area contributed by atoms with Crippen molar-refractivity contribution < 1.29 is 0 Å². The van der Waals surface area contributed by atoms with E-state index in [1.54, 1.807) is 0 Å². The van der Waals surface area contributed by atoms with Gasteiger partial charge < -0.3 is 0 Å². The van der Waals surface area contributed by atoms with Crippen molar-refractivity contribution in [1.29, 1.82) is 0 Å². The van der Waals surface area contributed by atoms with Gasteiger partial charge >= 0.3 is 0 Å². The molecule has 2 aliphatic carbocycles. The molecule has 0 saturated heterocycles. The molecule has 3 heteroatoms. The molecule has 1 fully saturated rings. The van der Waals surface area contributed by atoms with Crippen LogP contribution in [0.3, 0.4) is 0 Å². The first-order valence-electron chi connectivity index (χ1n) is 17.1. The van der Waals surface area contributed by atoms with Gasteiger partial charge in [-0.1, -0.05) is 159 Å². The predicted octanol–water partition coefficient (Wildman–Crippen LogP) is 11.4. The lowest BCUT2D eigenvalue weighted by Gasteiger charge is -2.37. The van der Waals surface area contributed by atoms with Gasteiger partial charge in [0.15, 0.2) is 17.5 Å². The van der Waals surface area contributed by atoms with Crippen LogP contribution in [0.1, 0.15) is 43.2 Å². The van der Waals surface area contributed by atoms with Crippen LogP contribution in [0.5, 0.6) is 0 Å². The maximum atomic E-state index is 5.13. The summed E-state index contributed by atoms with van der Waals surface area (Å²) < 4.78 is 0. The van der Waals surface area contributed by atoms with Crippen molar-refractivity contribution in [2.75, 3.05) is 0 Å². The van der Waals surface area contributed by atoms with E-state index >= 15 is 0 Å². The fourth-order valence-corrected chi connectivity index (χ4v) is 8.12. The molecule has 6 aromatic carbocycles. The quantitative estimate of drug-likeness (QED) is 0.193. The van der Waals surface area contributed by atoms with Crippen molar-refractivity contribution in [2.24, 2.45) is 0 Å². The van der Waals surface area contributed by atoms with Gasteiger partial charge in [0.2, 0.25) is 0 Å². The van der Waals surface area contributed by atoms with Crippen LogP contribution in [0.4, 0.5) is 0 Å². The summed E-state index contributed by atoms with van der Waals surface area (Å²) in [6.07, 6.45) is 6.25. The van der Waals surface area contributed by atoms with Gasteiger partial charge in [-0.3, -0.25) is 0 Å². The van der Waals surface area contributed by atoms with E-state index in [4.69, 9.17) is 15.0 Å². The molecule has 1 spiro atoms. The highest BCUT2D eigenvalue weighted by molar-refractivity contribution is 5.89. The van der Waals surface area contributed by atoms with E-state index in [0.29, 0.717) is 17.5 Å². The fourth-order valence-electron chi connectivity index (χ4n) is 8.12. The second-order valence-electron chi connectivity index (χ2n) is 13.1. The van der Waals surface area contributed by atoms with Crippen molar-refractivity contribution in [2.45, 2.75) is 37.5 Å². The third-order valence-corrected chi connectivity index (χ3v) is 10.3. The number of nitrogens with zero attached hydrogens (tertiary/aromatic N) is 3. The van der Waals surface area contributed by atoms with Gasteiger partial charge in [-0.2, -0.15) is 0 Å². The zero-order valence-corrected chi connectivity index (χ0v) is 26.8. The fraction of sp³-hybridized carbons (Fsp3) is 0.133. The highest BCUT2D eigenvalue weighted by Crippen LogP contribution is 2.58. The van der Waals surface area contributed by atoms with Crippen molar-refractivity contribution in [3.63, 3.8) is 0 Å². The minimum Gasteiger partial charge on any atom is -0.208 e. The molecular formula is C45H35N3. The topological polar surface area (TPSA) is 38.7 Å². The third-order valence-electron chi connectivity index (χ3n) is 10.3. The van der Waals surface area contributed by atoms with E-state index in [2.05, 4.69) is 127 Å². The molecule has 0 radical (unpaired) electrons. The molecule has 9 rings (SSSR count). The molecule has 0 N–H and O–H groups in total. The van der Waals surface area contributed by atoms with E-state index < -0.39 is 0 Å². The minimum atomic E-state index is 0.0708. The molecule has 0 aliphatic heterocycles. The van der Waals surface area contributed by atoms with Crippen molar-refractivity contribution in [3.05, 3.63) is 163 Å². The summed E-state index contributed by atoms with van der Waals surface area (Å²) in [4.78, 5) is 15.2. The Morgan fingerprint density at radius 1 is 0.354 bits per heavy atom. The second kappa shape index (κ2) is 11.8. The summed E-state index contributed by atoms with van der Waals surface area (Å²) in [5.41, 5.74) is 13.6. The first-order valence-corrected chi connectivity index (χ1v) is 17.1. The third kappa shape index (κ3) is 4.86. The highest BCUT2D eigenvalue weighted by atomic mass is 15.0. The van der Waals surface area contributed by atoms with Crippen LogP contribution in [-0.2, 0) is 5.41 Å². The van der Waals surface area contributed by atoms with E-state index in [1.165, 1.54) is 65.5 Å². The molecule has 0 bridgehead atoms. The summed E-state index contributed by atoms with van der Waals surface area (Å²) in [6, 6.07) is 54.0. The SMILES string of the molecule is c1ccc(-c2cccc(-c3nc(-c4ccccc4)nc(-c4cccc(-c5cccc6c5C5(CCCCC5)c5ccccc5-6)c4)n3)c2)cc1. The van der Waals surface area contributed by atoms with Gasteiger partial charge in [-0.25, -0.2) is 15.0 Å². The number of hydrogen-bond acceptors (Lipinski definition) is 3. The summed E-state index contributed by atoms with van der Waals surface area (Å²) in [5.74, 6) is 2.01. The summed E-state index contributed by atoms with van der Waals surface area (Å²) >= 11 is 0. The smallest absolute Gasteiger partial charge is 0.164 e. The Morgan fingerprint density at radius 2 is 0.833 bits per heavy atom. The Morgan fingerprint density at radius 3 is 1.54 bits per heavy atom. The number of aromatic nitrogens is 3. The van der Waals surface area contributed by atoms with Crippen LogP contribution in [0.25, 0.3) is 67.5 Å². The first-order chi connectivity index (χ1) is 23.8. The second-order valence-corrected chi connectivity index (χ2v) is 13.1. The number of rotatable bonds is 5. The van der Waals surface area contributed by atoms with E-state index in [0.717, 1.165) is 27.8 Å². The van der Waals surface area contributed by atoms with Gasteiger partial charge in [-0.05, 0) is 69.5 Å². The molecule has 230 valence electrons. The number of hydrogen-bond donors (Lipinski definition) is 0. The summed E-state index contributed by atoms with van der Waals surface area (Å²) in [5, 5.41) is 0. The van der Waals surface area contributed by atoms with Gasteiger partial charge in [0.1, 0.15) is 0 Å². The Hall–Kier alpha value is -5.67. The highest BCUT2D eigenvalue weighted by Gasteiger charge is 2.45. The lowest BCUT2D eigenvalue weighted by molar-refractivity contribution is 0.353. The van der Waals surface area contributed by atoms with Crippen LogP contribution in [0.15, 0.2) is 152 Å². The standard InChI is InChI=1S/C45H35N3/c1-4-15-31(16-5-1)33-19-12-21-35(29-33)43-46-42(32-17-6-2-7-18-32)47-44(48-43)36-22-13-20-34(30-36)37-24-14-25-39-38-23-8-9-26-40(38)45(41(37)39)27-10-3-11-28-45/h1-2,4-9,12-26,29-30H,3,10-11,27-28H2. The molecule has 0 atom stereocenters. The van der Waals surface area contributed by atoms with E-state index in [-0.39, 0.29) is 5.41 Å². The Kier molecular flexibility index (Phi) is 7.04. The van der Waals surface area contributed by atoms with Gasteiger partial charge in [-0.15, -0.1) is 0 Å². The monoisotopic (exact) mass is 617 g/mol.